The molecule has 1 aliphatic rings. The van der Waals surface area contributed by atoms with Crippen molar-refractivity contribution in [2.24, 2.45) is 0 Å². The van der Waals surface area contributed by atoms with E-state index in [1.54, 1.807) is 0 Å². The van der Waals surface area contributed by atoms with E-state index in [1.807, 2.05) is 24.3 Å². The zero-order chi connectivity index (χ0) is 14.1. The first-order chi connectivity index (χ1) is 10.4. The van der Waals surface area contributed by atoms with Crippen LogP contribution in [0.15, 0.2) is 60.7 Å². The Bertz CT molecular complexity index is 778. The SMILES string of the molecule is c1ccc(COc2ccc3cc4c(cc3c2)COC4)cc1. The Morgan fingerprint density at radius 3 is 2.38 bits per heavy atom. The first-order valence-corrected chi connectivity index (χ1v) is 7.18. The van der Waals surface area contributed by atoms with E-state index in [0.717, 1.165) is 19.0 Å². The lowest BCUT2D eigenvalue weighted by molar-refractivity contribution is 0.134. The van der Waals surface area contributed by atoms with Gasteiger partial charge in [0.2, 0.25) is 0 Å². The summed E-state index contributed by atoms with van der Waals surface area (Å²) in [5, 5.41) is 2.45. The molecule has 2 nitrogen and oxygen atoms in total. The fourth-order valence-corrected chi connectivity index (χ4v) is 2.74. The van der Waals surface area contributed by atoms with Gasteiger partial charge in [-0.15, -0.1) is 0 Å². The van der Waals surface area contributed by atoms with E-state index < -0.39 is 0 Å². The predicted octanol–water partition coefficient (Wildman–Crippen LogP) is 4.45. The summed E-state index contributed by atoms with van der Waals surface area (Å²) >= 11 is 0. The molecule has 1 heterocycles. The largest absolute Gasteiger partial charge is 0.489 e. The van der Waals surface area contributed by atoms with Crippen molar-refractivity contribution in [2.45, 2.75) is 19.8 Å². The van der Waals surface area contributed by atoms with Crippen LogP contribution in [-0.4, -0.2) is 0 Å². The topological polar surface area (TPSA) is 18.5 Å². The fourth-order valence-electron chi connectivity index (χ4n) is 2.74. The molecule has 0 saturated heterocycles. The maximum Gasteiger partial charge on any atom is 0.120 e. The molecule has 3 aromatic rings. The third kappa shape index (κ3) is 2.50. The summed E-state index contributed by atoms with van der Waals surface area (Å²) in [6.07, 6.45) is 0. The molecule has 0 fully saturated rings. The zero-order valence-corrected chi connectivity index (χ0v) is 11.7. The van der Waals surface area contributed by atoms with E-state index in [4.69, 9.17) is 9.47 Å². The van der Waals surface area contributed by atoms with Crippen molar-refractivity contribution in [1.29, 1.82) is 0 Å². The smallest absolute Gasteiger partial charge is 0.120 e. The number of hydrogen-bond donors (Lipinski definition) is 0. The van der Waals surface area contributed by atoms with Crippen molar-refractivity contribution < 1.29 is 9.47 Å². The van der Waals surface area contributed by atoms with E-state index >= 15 is 0 Å². The van der Waals surface area contributed by atoms with Gasteiger partial charge >= 0.3 is 0 Å². The summed E-state index contributed by atoms with van der Waals surface area (Å²) < 4.78 is 11.4. The molecule has 0 amide bonds. The molecule has 21 heavy (non-hydrogen) atoms. The number of fused-ring (bicyclic) bond motifs is 2. The van der Waals surface area contributed by atoms with Crippen LogP contribution in [0.1, 0.15) is 16.7 Å². The van der Waals surface area contributed by atoms with Crippen molar-refractivity contribution in [3.63, 3.8) is 0 Å². The minimum Gasteiger partial charge on any atom is -0.489 e. The average Bonchev–Trinajstić information content (AvgIpc) is 2.98. The van der Waals surface area contributed by atoms with E-state index in [1.165, 1.54) is 27.5 Å². The number of hydrogen-bond acceptors (Lipinski definition) is 2. The molecule has 0 aliphatic carbocycles. The van der Waals surface area contributed by atoms with Crippen molar-refractivity contribution in [3.8, 4) is 5.75 Å². The predicted molar refractivity (Wildman–Crippen MR) is 83.2 cm³/mol. The van der Waals surface area contributed by atoms with Gasteiger partial charge in [0.05, 0.1) is 13.2 Å². The monoisotopic (exact) mass is 276 g/mol. The second kappa shape index (κ2) is 5.23. The van der Waals surface area contributed by atoms with Crippen LogP contribution < -0.4 is 4.74 Å². The molecule has 0 spiro atoms. The van der Waals surface area contributed by atoms with Gasteiger partial charge < -0.3 is 9.47 Å². The van der Waals surface area contributed by atoms with Gasteiger partial charge in [-0.05, 0) is 51.7 Å². The molecule has 0 unspecified atom stereocenters. The van der Waals surface area contributed by atoms with Crippen LogP contribution in [0.4, 0.5) is 0 Å². The van der Waals surface area contributed by atoms with Gasteiger partial charge in [-0.2, -0.15) is 0 Å². The Balaban J connectivity index is 1.60. The Labute approximate surface area is 123 Å². The summed E-state index contributed by atoms with van der Waals surface area (Å²) in [5.74, 6) is 0.908. The van der Waals surface area contributed by atoms with Crippen LogP contribution in [0.25, 0.3) is 10.8 Å². The zero-order valence-electron chi connectivity index (χ0n) is 11.7. The molecule has 3 aromatic carbocycles. The second-order valence-corrected chi connectivity index (χ2v) is 5.40. The third-order valence-electron chi connectivity index (χ3n) is 3.89. The van der Waals surface area contributed by atoms with E-state index in [-0.39, 0.29) is 0 Å². The van der Waals surface area contributed by atoms with Gasteiger partial charge in [0.25, 0.3) is 0 Å². The van der Waals surface area contributed by atoms with Gasteiger partial charge in [0.15, 0.2) is 0 Å². The Kier molecular flexibility index (Phi) is 3.09. The number of benzene rings is 3. The fraction of sp³-hybridized carbons (Fsp3) is 0.158. The standard InChI is InChI=1S/C19H16O2/c1-2-4-14(5-3-1)11-21-19-7-6-15-8-17-12-20-13-18(17)9-16(15)10-19/h1-10H,11-13H2. The molecule has 0 atom stereocenters. The maximum absolute atomic E-state index is 5.89. The van der Waals surface area contributed by atoms with Crippen LogP contribution in [0.3, 0.4) is 0 Å². The summed E-state index contributed by atoms with van der Waals surface area (Å²) in [4.78, 5) is 0. The van der Waals surface area contributed by atoms with E-state index in [2.05, 4.69) is 36.4 Å². The molecule has 2 heteroatoms. The number of rotatable bonds is 3. The highest BCUT2D eigenvalue weighted by atomic mass is 16.5. The van der Waals surface area contributed by atoms with Crippen molar-refractivity contribution in [2.75, 3.05) is 0 Å². The lowest BCUT2D eigenvalue weighted by atomic mass is 10.0. The Hall–Kier alpha value is -2.32. The molecule has 0 aromatic heterocycles. The normalized spacial score (nSPS) is 13.3. The third-order valence-corrected chi connectivity index (χ3v) is 3.89. The summed E-state index contributed by atoms with van der Waals surface area (Å²) in [6.45, 7) is 2.05. The molecule has 0 N–H and O–H groups in total. The number of ether oxygens (including phenoxy) is 2. The van der Waals surface area contributed by atoms with Crippen molar-refractivity contribution >= 4 is 10.8 Å². The molecular weight excluding hydrogens is 260 g/mol. The van der Waals surface area contributed by atoms with Crippen LogP contribution in [0.5, 0.6) is 5.75 Å². The Morgan fingerprint density at radius 2 is 1.57 bits per heavy atom. The average molecular weight is 276 g/mol. The second-order valence-electron chi connectivity index (χ2n) is 5.40. The Morgan fingerprint density at radius 1 is 0.810 bits per heavy atom. The molecular formula is C19H16O2. The minimum atomic E-state index is 0.598. The van der Waals surface area contributed by atoms with Crippen LogP contribution >= 0.6 is 0 Å². The molecule has 104 valence electrons. The van der Waals surface area contributed by atoms with Crippen LogP contribution in [-0.2, 0) is 24.6 Å². The summed E-state index contributed by atoms with van der Waals surface area (Å²) in [7, 11) is 0. The first kappa shape index (κ1) is 12.4. The molecule has 0 bridgehead atoms. The van der Waals surface area contributed by atoms with Crippen LogP contribution in [0, 0.1) is 0 Å². The summed E-state index contributed by atoms with van der Waals surface area (Å²) in [6, 6.07) is 20.9. The van der Waals surface area contributed by atoms with Crippen molar-refractivity contribution in [1.82, 2.24) is 0 Å². The summed E-state index contributed by atoms with van der Waals surface area (Å²) in [5.41, 5.74) is 3.78. The van der Waals surface area contributed by atoms with Crippen LogP contribution in [0.2, 0.25) is 0 Å². The quantitative estimate of drug-likeness (QED) is 0.703. The van der Waals surface area contributed by atoms with Gasteiger partial charge in [-0.1, -0.05) is 36.4 Å². The lowest BCUT2D eigenvalue weighted by Crippen LogP contribution is -1.95. The maximum atomic E-state index is 5.89. The minimum absolute atomic E-state index is 0.598. The van der Waals surface area contributed by atoms with Gasteiger partial charge in [0, 0.05) is 0 Å². The van der Waals surface area contributed by atoms with Gasteiger partial charge in [0.1, 0.15) is 12.4 Å². The molecule has 0 saturated carbocycles. The molecule has 4 rings (SSSR count). The lowest BCUT2D eigenvalue weighted by Gasteiger charge is -2.08. The van der Waals surface area contributed by atoms with Gasteiger partial charge in [-0.3, -0.25) is 0 Å². The van der Waals surface area contributed by atoms with Crippen molar-refractivity contribution in [3.05, 3.63) is 77.4 Å². The van der Waals surface area contributed by atoms with Gasteiger partial charge in [-0.25, -0.2) is 0 Å². The first-order valence-electron chi connectivity index (χ1n) is 7.18. The molecule has 1 aliphatic heterocycles. The van der Waals surface area contributed by atoms with E-state index in [0.29, 0.717) is 6.61 Å². The van der Waals surface area contributed by atoms with E-state index in [9.17, 15) is 0 Å². The highest BCUT2D eigenvalue weighted by Gasteiger charge is 2.12. The highest BCUT2D eigenvalue weighted by Crippen LogP contribution is 2.28. The molecule has 0 radical (unpaired) electrons. The highest BCUT2D eigenvalue weighted by molar-refractivity contribution is 5.85.